The number of fused-ring (bicyclic) bond motifs is 1. The Morgan fingerprint density at radius 2 is 1.94 bits per heavy atom. The van der Waals surface area contributed by atoms with Gasteiger partial charge in [0.25, 0.3) is 0 Å². The van der Waals surface area contributed by atoms with Crippen LogP contribution in [0.3, 0.4) is 0 Å². The van der Waals surface area contributed by atoms with Crippen molar-refractivity contribution < 1.29 is 22.3 Å². The Hall–Kier alpha value is -3.07. The van der Waals surface area contributed by atoms with Gasteiger partial charge in [-0.1, -0.05) is 6.58 Å². The molecule has 3 aromatic rings. The molecule has 1 aliphatic heterocycles. The van der Waals surface area contributed by atoms with Gasteiger partial charge in [-0.2, -0.15) is 13.2 Å². The van der Waals surface area contributed by atoms with Crippen LogP contribution in [0.25, 0.3) is 28.1 Å². The number of alkyl halides is 3. The van der Waals surface area contributed by atoms with Gasteiger partial charge in [0.05, 0.1) is 18.8 Å². The van der Waals surface area contributed by atoms with E-state index in [1.165, 1.54) is 6.07 Å². The second-order valence-corrected chi connectivity index (χ2v) is 7.27. The number of nitrogens with zero attached hydrogens (tertiary/aromatic N) is 3. The van der Waals surface area contributed by atoms with Crippen molar-refractivity contribution >= 4 is 16.6 Å². The van der Waals surface area contributed by atoms with Crippen molar-refractivity contribution in [2.24, 2.45) is 5.73 Å². The summed E-state index contributed by atoms with van der Waals surface area (Å²) >= 11 is 0. The summed E-state index contributed by atoms with van der Waals surface area (Å²) in [4.78, 5) is 10.6. The van der Waals surface area contributed by atoms with Gasteiger partial charge in [0, 0.05) is 24.0 Å². The van der Waals surface area contributed by atoms with E-state index in [1.807, 2.05) is 0 Å². The van der Waals surface area contributed by atoms with Crippen LogP contribution in [0.2, 0.25) is 0 Å². The van der Waals surface area contributed by atoms with Crippen molar-refractivity contribution in [3.05, 3.63) is 48.0 Å². The molecule has 1 aromatic carbocycles. The second kappa shape index (κ2) is 8.22. The number of nitrogens with two attached hydrogens (primary N) is 1. The quantitative estimate of drug-likeness (QED) is 0.601. The molecular weight excluding hydrogens is 409 g/mol. The largest absolute Gasteiger partial charge is 0.492 e. The maximum atomic E-state index is 13.2. The zero-order valence-electron chi connectivity index (χ0n) is 17.1. The molecule has 2 N–H and O–H groups in total. The van der Waals surface area contributed by atoms with E-state index in [0.29, 0.717) is 29.0 Å². The predicted molar refractivity (Wildman–Crippen MR) is 111 cm³/mol. The third kappa shape index (κ3) is 3.97. The average Bonchev–Trinajstić information content (AvgIpc) is 3.43. The zero-order chi connectivity index (χ0) is 22.2. The standard InChI is InChI=1S/C22H23F3N4O2/c1-3-30-16-8-6-15(14-7-9-18(22(23,24)25)27-20(14)16)21-28-19(17(12-26)31-21)13(2)29-10-4-5-11-29/h6-9H,2-5,10-12,26H2,1H3. The van der Waals surface area contributed by atoms with Gasteiger partial charge >= 0.3 is 6.18 Å². The zero-order valence-corrected chi connectivity index (χ0v) is 17.1. The van der Waals surface area contributed by atoms with E-state index in [4.69, 9.17) is 14.9 Å². The number of aromatic nitrogens is 2. The van der Waals surface area contributed by atoms with Crippen molar-refractivity contribution in [2.75, 3.05) is 19.7 Å². The molecule has 2 aromatic heterocycles. The lowest BCUT2D eigenvalue weighted by Gasteiger charge is -2.18. The highest BCUT2D eigenvalue weighted by atomic mass is 19.4. The lowest BCUT2D eigenvalue weighted by atomic mass is 10.1. The number of halogens is 3. The van der Waals surface area contributed by atoms with Gasteiger partial charge in [-0.05, 0) is 44.0 Å². The highest BCUT2D eigenvalue weighted by Crippen LogP contribution is 2.38. The van der Waals surface area contributed by atoms with E-state index in [9.17, 15) is 13.2 Å². The van der Waals surface area contributed by atoms with Crippen LogP contribution in [0.15, 0.2) is 35.3 Å². The maximum absolute atomic E-state index is 13.2. The Kier molecular flexibility index (Phi) is 5.62. The van der Waals surface area contributed by atoms with E-state index in [0.717, 1.165) is 37.7 Å². The summed E-state index contributed by atoms with van der Waals surface area (Å²) in [6.07, 6.45) is -2.40. The molecule has 0 saturated carbocycles. The first-order valence-corrected chi connectivity index (χ1v) is 10.1. The molecule has 0 atom stereocenters. The number of oxazole rings is 1. The first kappa shape index (κ1) is 21.2. The molecule has 0 aliphatic carbocycles. The minimum Gasteiger partial charge on any atom is -0.492 e. The first-order valence-electron chi connectivity index (χ1n) is 10.1. The molecule has 31 heavy (non-hydrogen) atoms. The molecule has 9 heteroatoms. The molecule has 1 fully saturated rings. The summed E-state index contributed by atoms with van der Waals surface area (Å²) in [5.41, 5.74) is 6.80. The van der Waals surface area contributed by atoms with Gasteiger partial charge in [0.2, 0.25) is 5.89 Å². The van der Waals surface area contributed by atoms with E-state index in [1.54, 1.807) is 19.1 Å². The van der Waals surface area contributed by atoms with Crippen LogP contribution in [-0.4, -0.2) is 34.6 Å². The number of hydrogen-bond donors (Lipinski definition) is 1. The summed E-state index contributed by atoms with van der Waals surface area (Å²) in [5, 5.41) is 0.446. The lowest BCUT2D eigenvalue weighted by molar-refractivity contribution is -0.140. The van der Waals surface area contributed by atoms with Gasteiger partial charge in [0.15, 0.2) is 0 Å². The Balaban J connectivity index is 1.84. The summed E-state index contributed by atoms with van der Waals surface area (Å²) in [7, 11) is 0. The topological polar surface area (TPSA) is 77.4 Å². The van der Waals surface area contributed by atoms with Crippen LogP contribution in [0.1, 0.15) is 36.9 Å². The SMILES string of the molecule is C=C(c1nc(-c2ccc(OCC)c3nc(C(F)(F)F)ccc23)oc1CN)N1CCCC1. The van der Waals surface area contributed by atoms with Crippen molar-refractivity contribution in [2.45, 2.75) is 32.5 Å². The molecule has 164 valence electrons. The highest BCUT2D eigenvalue weighted by molar-refractivity contribution is 5.96. The van der Waals surface area contributed by atoms with Crippen molar-refractivity contribution in [1.82, 2.24) is 14.9 Å². The average molecular weight is 432 g/mol. The normalized spacial score (nSPS) is 14.4. The van der Waals surface area contributed by atoms with Crippen LogP contribution in [0.4, 0.5) is 13.2 Å². The minimum absolute atomic E-state index is 0.0987. The fourth-order valence-electron chi connectivity index (χ4n) is 3.78. The van der Waals surface area contributed by atoms with Gasteiger partial charge in [-0.15, -0.1) is 0 Å². The fraction of sp³-hybridized carbons (Fsp3) is 0.364. The summed E-state index contributed by atoms with van der Waals surface area (Å²) in [6, 6.07) is 5.59. The predicted octanol–water partition coefficient (Wildman–Crippen LogP) is 4.83. The molecule has 3 heterocycles. The number of pyridine rings is 1. The first-order chi connectivity index (χ1) is 14.8. The van der Waals surface area contributed by atoms with Gasteiger partial charge in [0.1, 0.15) is 28.4 Å². The molecule has 6 nitrogen and oxygen atoms in total. The third-order valence-electron chi connectivity index (χ3n) is 5.28. The van der Waals surface area contributed by atoms with Crippen molar-refractivity contribution in [1.29, 1.82) is 0 Å². The lowest BCUT2D eigenvalue weighted by Crippen LogP contribution is -2.18. The summed E-state index contributed by atoms with van der Waals surface area (Å²) < 4.78 is 51.1. The van der Waals surface area contributed by atoms with Gasteiger partial charge < -0.3 is 19.8 Å². The molecule has 0 amide bonds. The molecule has 1 saturated heterocycles. The van der Waals surface area contributed by atoms with Crippen LogP contribution < -0.4 is 10.5 Å². The molecule has 1 aliphatic rings. The smallest absolute Gasteiger partial charge is 0.433 e. The van der Waals surface area contributed by atoms with Crippen molar-refractivity contribution in [3.63, 3.8) is 0 Å². The third-order valence-corrected chi connectivity index (χ3v) is 5.28. The van der Waals surface area contributed by atoms with Crippen molar-refractivity contribution in [3.8, 4) is 17.2 Å². The Morgan fingerprint density at radius 1 is 1.19 bits per heavy atom. The monoisotopic (exact) mass is 432 g/mol. The van der Waals surface area contributed by atoms with Crippen LogP contribution in [0.5, 0.6) is 5.75 Å². The van der Waals surface area contributed by atoms with Gasteiger partial charge in [-0.3, -0.25) is 0 Å². The fourth-order valence-corrected chi connectivity index (χ4v) is 3.78. The van der Waals surface area contributed by atoms with Gasteiger partial charge in [-0.25, -0.2) is 9.97 Å². The second-order valence-electron chi connectivity index (χ2n) is 7.27. The minimum atomic E-state index is -4.57. The maximum Gasteiger partial charge on any atom is 0.433 e. The van der Waals surface area contributed by atoms with E-state index in [-0.39, 0.29) is 23.7 Å². The van der Waals surface area contributed by atoms with E-state index in [2.05, 4.69) is 21.4 Å². The number of rotatable bonds is 6. The molecule has 0 spiro atoms. The highest BCUT2D eigenvalue weighted by Gasteiger charge is 2.33. The molecule has 0 bridgehead atoms. The number of hydrogen-bond acceptors (Lipinski definition) is 6. The Morgan fingerprint density at radius 3 is 2.58 bits per heavy atom. The molecule has 0 unspecified atom stereocenters. The van der Waals surface area contributed by atoms with Crippen LogP contribution in [-0.2, 0) is 12.7 Å². The number of likely N-dealkylation sites (tertiary alicyclic amines) is 1. The molecule has 0 radical (unpaired) electrons. The Bertz CT molecular complexity index is 1120. The molecular formula is C22H23F3N4O2. The number of ether oxygens (including phenoxy) is 1. The summed E-state index contributed by atoms with van der Waals surface area (Å²) in [6.45, 7) is 8.11. The van der Waals surface area contributed by atoms with Crippen LogP contribution >= 0.6 is 0 Å². The van der Waals surface area contributed by atoms with E-state index >= 15 is 0 Å². The number of benzene rings is 1. The summed E-state index contributed by atoms with van der Waals surface area (Å²) in [5.74, 6) is 0.999. The Labute approximate surface area is 177 Å². The van der Waals surface area contributed by atoms with Crippen LogP contribution in [0, 0.1) is 0 Å². The van der Waals surface area contributed by atoms with E-state index < -0.39 is 11.9 Å². The molecule has 4 rings (SSSR count).